The van der Waals surface area contributed by atoms with Gasteiger partial charge < -0.3 is 10.6 Å². The van der Waals surface area contributed by atoms with Crippen molar-refractivity contribution in [2.45, 2.75) is 31.5 Å². The number of aromatic nitrogens is 2. The van der Waals surface area contributed by atoms with E-state index in [0.717, 1.165) is 12.1 Å². The van der Waals surface area contributed by atoms with E-state index in [0.29, 0.717) is 30.6 Å². The van der Waals surface area contributed by atoms with E-state index in [9.17, 15) is 22.8 Å². The van der Waals surface area contributed by atoms with Crippen LogP contribution in [-0.2, 0) is 15.8 Å². The van der Waals surface area contributed by atoms with Crippen molar-refractivity contribution < 1.29 is 22.8 Å². The van der Waals surface area contributed by atoms with Gasteiger partial charge >= 0.3 is 6.18 Å². The molecule has 2 heterocycles. The third kappa shape index (κ3) is 3.98. The second-order valence-electron chi connectivity index (χ2n) is 5.72. The fourth-order valence-electron chi connectivity index (χ4n) is 2.56. The minimum Gasteiger partial charge on any atom is -0.344 e. The molecule has 1 aliphatic heterocycles. The smallest absolute Gasteiger partial charge is 0.344 e. The van der Waals surface area contributed by atoms with Gasteiger partial charge in [-0.2, -0.15) is 18.3 Å². The maximum Gasteiger partial charge on any atom is 0.416 e. The largest absolute Gasteiger partial charge is 0.416 e. The molecule has 1 aromatic heterocycles. The summed E-state index contributed by atoms with van der Waals surface area (Å²) in [7, 11) is 0. The molecule has 0 saturated carbocycles. The van der Waals surface area contributed by atoms with Gasteiger partial charge in [-0.1, -0.05) is 0 Å². The Kier molecular flexibility index (Phi) is 4.47. The van der Waals surface area contributed by atoms with Gasteiger partial charge in [0.25, 0.3) is 0 Å². The van der Waals surface area contributed by atoms with E-state index >= 15 is 0 Å². The molecule has 6 nitrogen and oxygen atoms in total. The summed E-state index contributed by atoms with van der Waals surface area (Å²) < 4.78 is 39.1. The third-order valence-electron chi connectivity index (χ3n) is 3.86. The predicted octanol–water partition coefficient (Wildman–Crippen LogP) is 2.50. The molecule has 2 amide bonds. The van der Waals surface area contributed by atoms with Crippen molar-refractivity contribution >= 4 is 17.5 Å². The van der Waals surface area contributed by atoms with Crippen molar-refractivity contribution in [2.75, 3.05) is 5.32 Å². The van der Waals surface area contributed by atoms with Crippen LogP contribution in [-0.4, -0.2) is 27.6 Å². The number of benzene rings is 1. The summed E-state index contributed by atoms with van der Waals surface area (Å²) in [5.41, 5.74) is 0.0779. The molecule has 132 valence electrons. The number of carbonyl (C=O) groups is 2. The van der Waals surface area contributed by atoms with Gasteiger partial charge in [0.1, 0.15) is 6.04 Å². The maximum absolute atomic E-state index is 12.6. The number of halogens is 3. The molecule has 1 aromatic carbocycles. The Bertz CT molecular complexity index is 783. The SMILES string of the molecule is O=C1CCC[C@H](C(=O)Nc2cnn(-c3ccc(C(F)(F)F)cc3)c2)N1. The molecule has 2 N–H and O–H groups in total. The van der Waals surface area contributed by atoms with Crippen LogP contribution in [0, 0.1) is 0 Å². The van der Waals surface area contributed by atoms with E-state index in [1.165, 1.54) is 29.2 Å². The first-order valence-corrected chi connectivity index (χ1v) is 7.65. The minimum atomic E-state index is -4.40. The molecule has 1 aliphatic rings. The lowest BCUT2D eigenvalue weighted by Gasteiger charge is -2.21. The van der Waals surface area contributed by atoms with Crippen LogP contribution < -0.4 is 10.6 Å². The van der Waals surface area contributed by atoms with E-state index < -0.39 is 17.8 Å². The van der Waals surface area contributed by atoms with Gasteiger partial charge in [-0.15, -0.1) is 0 Å². The number of hydrogen-bond acceptors (Lipinski definition) is 3. The second-order valence-corrected chi connectivity index (χ2v) is 5.72. The van der Waals surface area contributed by atoms with Crippen LogP contribution in [0.4, 0.5) is 18.9 Å². The van der Waals surface area contributed by atoms with Crippen LogP contribution in [0.3, 0.4) is 0 Å². The summed E-state index contributed by atoms with van der Waals surface area (Å²) in [6.45, 7) is 0. The van der Waals surface area contributed by atoms with E-state index in [4.69, 9.17) is 0 Å². The maximum atomic E-state index is 12.6. The predicted molar refractivity (Wildman–Crippen MR) is 83.0 cm³/mol. The Morgan fingerprint density at radius 1 is 1.28 bits per heavy atom. The number of amides is 2. The van der Waals surface area contributed by atoms with Crippen LogP contribution in [0.2, 0.25) is 0 Å². The van der Waals surface area contributed by atoms with Gasteiger partial charge in [0, 0.05) is 6.42 Å². The summed E-state index contributed by atoms with van der Waals surface area (Å²) in [6.07, 6.45) is 0.104. The van der Waals surface area contributed by atoms with Gasteiger partial charge in [0.05, 0.1) is 29.3 Å². The number of carbonyl (C=O) groups excluding carboxylic acids is 2. The van der Waals surface area contributed by atoms with E-state index in [2.05, 4.69) is 15.7 Å². The lowest BCUT2D eigenvalue weighted by Crippen LogP contribution is -2.46. The summed E-state index contributed by atoms with van der Waals surface area (Å²) in [6, 6.07) is 3.93. The fraction of sp³-hybridized carbons (Fsp3) is 0.312. The Balaban J connectivity index is 1.68. The molecule has 0 radical (unpaired) electrons. The zero-order chi connectivity index (χ0) is 18.0. The topological polar surface area (TPSA) is 76.0 Å². The van der Waals surface area contributed by atoms with Gasteiger partial charge in [0.2, 0.25) is 11.8 Å². The van der Waals surface area contributed by atoms with Crippen LogP contribution in [0.25, 0.3) is 5.69 Å². The molecule has 0 aliphatic carbocycles. The highest BCUT2D eigenvalue weighted by Crippen LogP contribution is 2.29. The number of hydrogen-bond donors (Lipinski definition) is 2. The van der Waals surface area contributed by atoms with Crippen molar-refractivity contribution in [3.63, 3.8) is 0 Å². The molecule has 2 aromatic rings. The van der Waals surface area contributed by atoms with Gasteiger partial charge in [-0.3, -0.25) is 9.59 Å². The Hall–Kier alpha value is -2.84. The van der Waals surface area contributed by atoms with Gasteiger partial charge in [0.15, 0.2) is 0 Å². The molecule has 1 fully saturated rings. The summed E-state index contributed by atoms with van der Waals surface area (Å²) >= 11 is 0. The molecule has 0 spiro atoms. The van der Waals surface area contributed by atoms with Crippen LogP contribution in [0.5, 0.6) is 0 Å². The molecule has 1 atom stereocenters. The first-order valence-electron chi connectivity index (χ1n) is 7.65. The molecule has 0 bridgehead atoms. The van der Waals surface area contributed by atoms with Crippen molar-refractivity contribution in [3.8, 4) is 5.69 Å². The summed E-state index contributed by atoms with van der Waals surface area (Å²) in [5.74, 6) is -0.508. The monoisotopic (exact) mass is 352 g/mol. The van der Waals surface area contributed by atoms with Crippen molar-refractivity contribution in [2.24, 2.45) is 0 Å². The van der Waals surface area contributed by atoms with Crippen LogP contribution >= 0.6 is 0 Å². The minimum absolute atomic E-state index is 0.160. The molecule has 25 heavy (non-hydrogen) atoms. The molecular weight excluding hydrogens is 337 g/mol. The number of alkyl halides is 3. The summed E-state index contributed by atoms with van der Waals surface area (Å²) in [5, 5.41) is 9.28. The third-order valence-corrected chi connectivity index (χ3v) is 3.86. The highest BCUT2D eigenvalue weighted by molar-refractivity contribution is 5.97. The molecule has 9 heteroatoms. The standard InChI is InChI=1S/C16H15F3N4O2/c17-16(18,19)10-4-6-12(7-5-10)23-9-11(8-20-23)21-15(25)13-2-1-3-14(24)22-13/h4-9,13H,1-3H2,(H,21,25)(H,22,24)/t13-/m1/s1. The number of nitrogens with zero attached hydrogens (tertiary/aromatic N) is 2. The lowest BCUT2D eigenvalue weighted by molar-refractivity contribution is -0.137. The second kappa shape index (κ2) is 6.58. The number of nitrogens with one attached hydrogen (secondary N) is 2. The highest BCUT2D eigenvalue weighted by atomic mass is 19.4. The quantitative estimate of drug-likeness (QED) is 0.891. The van der Waals surface area contributed by atoms with E-state index in [-0.39, 0.29) is 11.8 Å². The summed E-state index contributed by atoms with van der Waals surface area (Å²) in [4.78, 5) is 23.5. The van der Waals surface area contributed by atoms with E-state index in [1.807, 2.05) is 0 Å². The van der Waals surface area contributed by atoms with Gasteiger partial charge in [-0.25, -0.2) is 4.68 Å². The lowest BCUT2D eigenvalue weighted by atomic mass is 10.0. The van der Waals surface area contributed by atoms with Gasteiger partial charge in [-0.05, 0) is 37.1 Å². The van der Waals surface area contributed by atoms with Crippen molar-refractivity contribution in [1.82, 2.24) is 15.1 Å². The van der Waals surface area contributed by atoms with Crippen molar-refractivity contribution in [3.05, 3.63) is 42.2 Å². The zero-order valence-corrected chi connectivity index (χ0v) is 13.0. The number of rotatable bonds is 3. The van der Waals surface area contributed by atoms with Crippen LogP contribution in [0.15, 0.2) is 36.7 Å². The van der Waals surface area contributed by atoms with E-state index in [1.54, 1.807) is 0 Å². The fourth-order valence-corrected chi connectivity index (χ4v) is 2.56. The zero-order valence-electron chi connectivity index (χ0n) is 13.0. The van der Waals surface area contributed by atoms with Crippen molar-refractivity contribution in [1.29, 1.82) is 0 Å². The average molecular weight is 352 g/mol. The number of anilines is 1. The molecule has 1 saturated heterocycles. The first-order chi connectivity index (χ1) is 11.8. The highest BCUT2D eigenvalue weighted by Gasteiger charge is 2.30. The normalized spacial score (nSPS) is 17.9. The Morgan fingerprint density at radius 3 is 2.64 bits per heavy atom. The first kappa shape index (κ1) is 17.0. The average Bonchev–Trinajstić information content (AvgIpc) is 3.02. The Labute approximate surface area is 141 Å². The molecular formula is C16H15F3N4O2. The van der Waals surface area contributed by atoms with Crippen LogP contribution in [0.1, 0.15) is 24.8 Å². The Morgan fingerprint density at radius 2 is 2.00 bits per heavy atom. The number of piperidine rings is 1. The molecule has 3 rings (SSSR count). The molecule has 0 unspecified atom stereocenters.